The quantitative estimate of drug-likeness (QED) is 0.312. The molecular formula is C27H25NO6. The molecule has 1 heterocycles. The highest BCUT2D eigenvalue weighted by Crippen LogP contribution is 2.42. The lowest BCUT2D eigenvalue weighted by molar-refractivity contribution is -0.132. The number of ketones is 1. The summed E-state index contributed by atoms with van der Waals surface area (Å²) in [6, 6.07) is 19.8. The van der Waals surface area contributed by atoms with Crippen LogP contribution >= 0.6 is 0 Å². The molecule has 1 fully saturated rings. The van der Waals surface area contributed by atoms with Gasteiger partial charge in [0.2, 0.25) is 0 Å². The second-order valence-corrected chi connectivity index (χ2v) is 7.60. The van der Waals surface area contributed by atoms with Crippen molar-refractivity contribution in [1.82, 2.24) is 0 Å². The van der Waals surface area contributed by atoms with Crippen LogP contribution in [-0.4, -0.2) is 37.6 Å². The molecule has 7 heteroatoms. The van der Waals surface area contributed by atoms with Gasteiger partial charge in [-0.25, -0.2) is 0 Å². The molecule has 3 aromatic rings. The van der Waals surface area contributed by atoms with Gasteiger partial charge in [-0.15, -0.1) is 0 Å². The Kier molecular flexibility index (Phi) is 6.54. The van der Waals surface area contributed by atoms with Crippen molar-refractivity contribution in [1.29, 1.82) is 0 Å². The van der Waals surface area contributed by atoms with Crippen molar-refractivity contribution in [2.24, 2.45) is 0 Å². The van der Waals surface area contributed by atoms with Gasteiger partial charge in [0.05, 0.1) is 32.4 Å². The highest BCUT2D eigenvalue weighted by Gasteiger charge is 2.47. The van der Waals surface area contributed by atoms with Crippen LogP contribution in [0.2, 0.25) is 0 Å². The monoisotopic (exact) mass is 459 g/mol. The Morgan fingerprint density at radius 3 is 1.88 bits per heavy atom. The molecular weight excluding hydrogens is 434 g/mol. The Hall–Kier alpha value is -4.26. The molecule has 1 saturated heterocycles. The fourth-order valence-corrected chi connectivity index (χ4v) is 3.97. The van der Waals surface area contributed by atoms with Crippen LogP contribution in [0.25, 0.3) is 5.76 Å². The molecule has 174 valence electrons. The number of aliphatic hydroxyl groups excluding tert-OH is 1. The minimum Gasteiger partial charge on any atom is -0.507 e. The van der Waals surface area contributed by atoms with Crippen LogP contribution in [-0.2, 0) is 9.59 Å². The van der Waals surface area contributed by atoms with Crippen molar-refractivity contribution in [3.63, 3.8) is 0 Å². The van der Waals surface area contributed by atoms with Gasteiger partial charge in [-0.2, -0.15) is 0 Å². The molecule has 0 bridgehead atoms. The van der Waals surface area contributed by atoms with Gasteiger partial charge >= 0.3 is 0 Å². The lowest BCUT2D eigenvalue weighted by atomic mass is 9.95. The van der Waals surface area contributed by atoms with Crippen LogP contribution in [0.15, 0.2) is 78.4 Å². The fourth-order valence-electron chi connectivity index (χ4n) is 3.97. The molecule has 7 nitrogen and oxygen atoms in total. The van der Waals surface area contributed by atoms with E-state index in [2.05, 4.69) is 0 Å². The van der Waals surface area contributed by atoms with Crippen molar-refractivity contribution >= 4 is 23.1 Å². The molecule has 0 saturated carbocycles. The molecule has 0 aliphatic carbocycles. The highest BCUT2D eigenvalue weighted by atomic mass is 16.5. The standard InChI is InChI=1S/C27H25NO6/c1-4-34-22-13-7-18(8-14-22)25(29)23-24(17-5-11-20(32-2)12-6-17)28(27(31)26(23)30)19-9-15-21(33-3)16-10-19/h5-16,24,29H,4H2,1-3H3/b25-23+/t24-/m0/s1. The summed E-state index contributed by atoms with van der Waals surface area (Å²) in [7, 11) is 3.11. The van der Waals surface area contributed by atoms with E-state index in [1.54, 1.807) is 87.0 Å². The summed E-state index contributed by atoms with van der Waals surface area (Å²) in [4.78, 5) is 27.8. The molecule has 1 aliphatic rings. The molecule has 3 aromatic carbocycles. The Morgan fingerprint density at radius 2 is 1.35 bits per heavy atom. The molecule has 34 heavy (non-hydrogen) atoms. The summed E-state index contributed by atoms with van der Waals surface area (Å²) in [5, 5.41) is 11.2. The van der Waals surface area contributed by atoms with E-state index in [-0.39, 0.29) is 11.3 Å². The van der Waals surface area contributed by atoms with Crippen LogP contribution in [0, 0.1) is 0 Å². The Bertz CT molecular complexity index is 1210. The molecule has 1 amide bonds. The molecule has 1 aliphatic heterocycles. The minimum absolute atomic E-state index is 0.00939. The minimum atomic E-state index is -0.828. The van der Waals surface area contributed by atoms with Gasteiger partial charge in [-0.05, 0) is 73.2 Å². The maximum absolute atomic E-state index is 13.2. The summed E-state index contributed by atoms with van der Waals surface area (Å²) in [5.41, 5.74) is 1.59. The zero-order valence-corrected chi connectivity index (χ0v) is 19.1. The van der Waals surface area contributed by atoms with Gasteiger partial charge in [0.15, 0.2) is 0 Å². The van der Waals surface area contributed by atoms with E-state index in [0.717, 1.165) is 0 Å². The normalized spacial score (nSPS) is 17.0. The number of aliphatic hydroxyl groups is 1. The van der Waals surface area contributed by atoms with Crippen molar-refractivity contribution in [3.05, 3.63) is 89.5 Å². The van der Waals surface area contributed by atoms with Crippen molar-refractivity contribution in [3.8, 4) is 17.2 Å². The van der Waals surface area contributed by atoms with E-state index in [1.165, 1.54) is 4.90 Å². The number of benzene rings is 3. The van der Waals surface area contributed by atoms with Gasteiger partial charge in [-0.1, -0.05) is 12.1 Å². The second kappa shape index (κ2) is 9.70. The summed E-state index contributed by atoms with van der Waals surface area (Å²) < 4.78 is 15.9. The Morgan fingerprint density at radius 1 is 0.824 bits per heavy atom. The average molecular weight is 459 g/mol. The van der Waals surface area contributed by atoms with Crippen LogP contribution < -0.4 is 19.1 Å². The third kappa shape index (κ3) is 4.20. The van der Waals surface area contributed by atoms with Crippen LogP contribution in [0.4, 0.5) is 5.69 Å². The van der Waals surface area contributed by atoms with E-state index < -0.39 is 17.7 Å². The highest BCUT2D eigenvalue weighted by molar-refractivity contribution is 6.51. The van der Waals surface area contributed by atoms with E-state index in [1.807, 2.05) is 6.92 Å². The average Bonchev–Trinajstić information content (AvgIpc) is 3.14. The summed E-state index contributed by atoms with van der Waals surface area (Å²) >= 11 is 0. The molecule has 0 unspecified atom stereocenters. The van der Waals surface area contributed by atoms with E-state index in [9.17, 15) is 14.7 Å². The van der Waals surface area contributed by atoms with Gasteiger partial charge in [0.1, 0.15) is 23.0 Å². The smallest absolute Gasteiger partial charge is 0.300 e. The van der Waals surface area contributed by atoms with Gasteiger partial charge in [-0.3, -0.25) is 14.5 Å². The number of hydrogen-bond donors (Lipinski definition) is 1. The third-order valence-corrected chi connectivity index (χ3v) is 5.67. The van der Waals surface area contributed by atoms with Crippen LogP contribution in [0.5, 0.6) is 17.2 Å². The van der Waals surface area contributed by atoms with Crippen LogP contribution in [0.1, 0.15) is 24.1 Å². The van der Waals surface area contributed by atoms with Crippen LogP contribution in [0.3, 0.4) is 0 Å². The zero-order chi connectivity index (χ0) is 24.2. The predicted octanol–water partition coefficient (Wildman–Crippen LogP) is 4.73. The third-order valence-electron chi connectivity index (χ3n) is 5.67. The number of hydrogen-bond acceptors (Lipinski definition) is 6. The second-order valence-electron chi connectivity index (χ2n) is 7.60. The summed E-state index contributed by atoms with van der Waals surface area (Å²) in [6.07, 6.45) is 0. The first-order chi connectivity index (χ1) is 16.5. The number of anilines is 1. The Balaban J connectivity index is 1.86. The van der Waals surface area contributed by atoms with E-state index >= 15 is 0 Å². The molecule has 0 spiro atoms. The molecule has 1 atom stereocenters. The Labute approximate surface area is 197 Å². The van der Waals surface area contributed by atoms with Gasteiger partial charge < -0.3 is 19.3 Å². The van der Waals surface area contributed by atoms with Gasteiger partial charge in [0, 0.05) is 11.3 Å². The number of carbonyl (C=O) groups excluding carboxylic acids is 2. The van der Waals surface area contributed by atoms with Crippen molar-refractivity contribution in [2.45, 2.75) is 13.0 Å². The SMILES string of the molecule is CCOc1ccc(/C(O)=C2\C(=O)C(=O)N(c3ccc(OC)cc3)[C@H]2c2ccc(OC)cc2)cc1. The fraction of sp³-hybridized carbons (Fsp3) is 0.185. The summed E-state index contributed by atoms with van der Waals surface area (Å²) in [6.45, 7) is 2.39. The first-order valence-corrected chi connectivity index (χ1v) is 10.8. The van der Waals surface area contributed by atoms with Gasteiger partial charge in [0.25, 0.3) is 11.7 Å². The zero-order valence-electron chi connectivity index (χ0n) is 19.1. The van der Waals surface area contributed by atoms with Crippen molar-refractivity contribution in [2.75, 3.05) is 25.7 Å². The van der Waals surface area contributed by atoms with E-state index in [0.29, 0.717) is 40.7 Å². The van der Waals surface area contributed by atoms with Crippen molar-refractivity contribution < 1.29 is 28.9 Å². The molecule has 1 N–H and O–H groups in total. The molecule has 4 rings (SSSR count). The predicted molar refractivity (Wildman–Crippen MR) is 128 cm³/mol. The number of ether oxygens (including phenoxy) is 3. The first kappa shape index (κ1) is 22.9. The number of nitrogens with zero attached hydrogens (tertiary/aromatic N) is 1. The lowest BCUT2D eigenvalue weighted by Gasteiger charge is -2.25. The number of carbonyl (C=O) groups is 2. The maximum Gasteiger partial charge on any atom is 0.300 e. The molecule has 0 aromatic heterocycles. The number of methoxy groups -OCH3 is 2. The first-order valence-electron chi connectivity index (χ1n) is 10.8. The number of rotatable bonds is 7. The van der Waals surface area contributed by atoms with E-state index in [4.69, 9.17) is 14.2 Å². The molecule has 0 radical (unpaired) electrons. The topological polar surface area (TPSA) is 85.3 Å². The maximum atomic E-state index is 13.2. The largest absolute Gasteiger partial charge is 0.507 e. The lowest BCUT2D eigenvalue weighted by Crippen LogP contribution is -2.29. The number of amides is 1. The summed E-state index contributed by atoms with van der Waals surface area (Å²) in [5.74, 6) is 0.163. The number of Topliss-reactive ketones (excluding diaryl/α,β-unsaturated/α-hetero) is 1.